The zero-order valence-corrected chi connectivity index (χ0v) is 23.0. The number of anilines is 1. The molecule has 7 nitrogen and oxygen atoms in total. The van der Waals surface area contributed by atoms with Crippen LogP contribution in [0.25, 0.3) is 0 Å². The third-order valence-electron chi connectivity index (χ3n) is 6.14. The molecule has 0 radical (unpaired) electrons. The quantitative estimate of drug-likeness (QED) is 0.398. The van der Waals surface area contributed by atoms with Gasteiger partial charge < -0.3 is 10.2 Å². The Bertz CT molecular complexity index is 1310. The Kier molecular flexibility index (Phi) is 9.34. The summed E-state index contributed by atoms with van der Waals surface area (Å²) in [5, 5.41) is 3.11. The lowest BCUT2D eigenvalue weighted by Gasteiger charge is -2.32. The van der Waals surface area contributed by atoms with Gasteiger partial charge in [-0.1, -0.05) is 67.9 Å². The summed E-state index contributed by atoms with van der Waals surface area (Å²) in [4.78, 5) is 27.7. The number of halogens is 1. The minimum absolute atomic E-state index is 0.0688. The van der Waals surface area contributed by atoms with Crippen molar-refractivity contribution in [2.45, 2.75) is 44.2 Å². The van der Waals surface area contributed by atoms with Crippen LogP contribution in [-0.2, 0) is 26.2 Å². The largest absolute Gasteiger partial charge is 0.357 e. The summed E-state index contributed by atoms with van der Waals surface area (Å²) in [5.74, 6) is -0.613. The third kappa shape index (κ3) is 6.90. The number of nitrogens with zero attached hydrogens (tertiary/aromatic N) is 2. The monoisotopic (exact) mass is 541 g/mol. The van der Waals surface area contributed by atoms with Crippen LogP contribution < -0.4 is 9.62 Å². The van der Waals surface area contributed by atoms with Crippen LogP contribution in [0.4, 0.5) is 5.69 Å². The van der Waals surface area contributed by atoms with Crippen LogP contribution in [-0.4, -0.2) is 44.8 Å². The molecule has 0 saturated heterocycles. The van der Waals surface area contributed by atoms with E-state index < -0.39 is 28.5 Å². The van der Waals surface area contributed by atoms with Crippen LogP contribution in [0.5, 0.6) is 0 Å². The first-order valence-corrected chi connectivity index (χ1v) is 13.8. The molecular formula is C28H32ClN3O4S. The van der Waals surface area contributed by atoms with Crippen molar-refractivity contribution in [3.05, 3.63) is 95.0 Å². The zero-order valence-electron chi connectivity index (χ0n) is 21.4. The maximum Gasteiger partial charge on any atom is 0.264 e. The summed E-state index contributed by atoms with van der Waals surface area (Å²) in [5.41, 5.74) is 2.16. The Morgan fingerprint density at radius 1 is 0.892 bits per heavy atom. The highest BCUT2D eigenvalue weighted by Crippen LogP contribution is 2.26. The van der Waals surface area contributed by atoms with Crippen molar-refractivity contribution in [1.29, 1.82) is 0 Å². The summed E-state index contributed by atoms with van der Waals surface area (Å²) in [6, 6.07) is 21.2. The summed E-state index contributed by atoms with van der Waals surface area (Å²) in [6.45, 7) is 5.33. The lowest BCUT2D eigenvalue weighted by atomic mass is 10.0. The minimum atomic E-state index is -4.08. The molecule has 0 aromatic heterocycles. The molecule has 3 aromatic rings. The minimum Gasteiger partial charge on any atom is -0.357 e. The second-order valence-corrected chi connectivity index (χ2v) is 11.3. The number of rotatable bonds is 10. The molecule has 0 spiro atoms. The van der Waals surface area contributed by atoms with Crippen molar-refractivity contribution < 1.29 is 18.0 Å². The molecule has 0 unspecified atom stereocenters. The molecule has 0 saturated carbocycles. The fraction of sp³-hybridized carbons (Fsp3) is 0.286. The summed E-state index contributed by atoms with van der Waals surface area (Å²) in [6.07, 6.45) is 0. The molecule has 0 fully saturated rings. The molecule has 37 heavy (non-hydrogen) atoms. The standard InChI is InChI=1S/C28H32ClN3O4S/c1-20(2)23-12-16-25(17-13-23)32(37(35,36)26-8-6-5-7-9-26)19-27(33)31(21(3)28(34)30-4)18-22-10-14-24(29)15-11-22/h5-17,20-21H,18-19H2,1-4H3,(H,30,34)/t21-/m1/s1. The first kappa shape index (κ1) is 28.2. The van der Waals surface area contributed by atoms with E-state index in [1.165, 1.54) is 24.1 Å². The third-order valence-corrected chi connectivity index (χ3v) is 8.18. The number of carbonyl (C=O) groups is 2. The predicted octanol–water partition coefficient (Wildman–Crippen LogP) is 4.82. The second-order valence-electron chi connectivity index (χ2n) is 9.01. The molecule has 0 aliphatic heterocycles. The van der Waals surface area contributed by atoms with Gasteiger partial charge in [-0.25, -0.2) is 8.42 Å². The summed E-state index contributed by atoms with van der Waals surface area (Å²) >= 11 is 6.00. The fourth-order valence-corrected chi connectivity index (χ4v) is 5.41. The molecule has 0 aliphatic rings. The second kappa shape index (κ2) is 12.3. The van der Waals surface area contributed by atoms with Crippen LogP contribution in [0, 0.1) is 0 Å². The molecule has 0 aliphatic carbocycles. The highest BCUT2D eigenvalue weighted by atomic mass is 35.5. The van der Waals surface area contributed by atoms with Crippen molar-refractivity contribution in [2.75, 3.05) is 17.9 Å². The first-order chi connectivity index (χ1) is 17.5. The highest BCUT2D eigenvalue weighted by molar-refractivity contribution is 7.92. The van der Waals surface area contributed by atoms with Crippen LogP contribution in [0.3, 0.4) is 0 Å². The average molecular weight is 542 g/mol. The van der Waals surface area contributed by atoms with Crippen LogP contribution >= 0.6 is 11.6 Å². The molecule has 2 amide bonds. The maximum absolute atomic E-state index is 13.7. The van der Waals surface area contributed by atoms with E-state index in [0.717, 1.165) is 15.4 Å². The molecular weight excluding hydrogens is 510 g/mol. The van der Waals surface area contributed by atoms with Gasteiger partial charge in [-0.15, -0.1) is 0 Å². The van der Waals surface area contributed by atoms with Crippen LogP contribution in [0.2, 0.25) is 5.02 Å². The number of amides is 2. The summed E-state index contributed by atoms with van der Waals surface area (Å²) in [7, 11) is -2.59. The van der Waals surface area contributed by atoms with E-state index in [9.17, 15) is 18.0 Å². The van der Waals surface area contributed by atoms with Gasteiger partial charge >= 0.3 is 0 Å². The molecule has 1 atom stereocenters. The van der Waals surface area contributed by atoms with Gasteiger partial charge in [0.05, 0.1) is 10.6 Å². The first-order valence-electron chi connectivity index (χ1n) is 12.0. The van der Waals surface area contributed by atoms with Gasteiger partial charge in [-0.05, 0) is 60.4 Å². The van der Waals surface area contributed by atoms with Gasteiger partial charge in [-0.2, -0.15) is 0 Å². The lowest BCUT2D eigenvalue weighted by Crippen LogP contribution is -2.50. The predicted molar refractivity (Wildman–Crippen MR) is 147 cm³/mol. The lowest BCUT2D eigenvalue weighted by molar-refractivity contribution is -0.139. The van der Waals surface area contributed by atoms with E-state index >= 15 is 0 Å². The molecule has 196 valence electrons. The number of nitrogens with one attached hydrogen (secondary N) is 1. The zero-order chi connectivity index (χ0) is 27.2. The van der Waals surface area contributed by atoms with Gasteiger partial charge in [0.15, 0.2) is 0 Å². The van der Waals surface area contributed by atoms with Crippen molar-refractivity contribution in [2.24, 2.45) is 0 Å². The number of hydrogen-bond donors (Lipinski definition) is 1. The number of sulfonamides is 1. The van der Waals surface area contributed by atoms with E-state index in [4.69, 9.17) is 11.6 Å². The van der Waals surface area contributed by atoms with Crippen molar-refractivity contribution in [3.8, 4) is 0 Å². The molecule has 3 aromatic carbocycles. The van der Waals surface area contributed by atoms with E-state index in [1.54, 1.807) is 61.5 Å². The van der Waals surface area contributed by atoms with Gasteiger partial charge in [0, 0.05) is 18.6 Å². The highest BCUT2D eigenvalue weighted by Gasteiger charge is 2.32. The topological polar surface area (TPSA) is 86.8 Å². The number of carbonyl (C=O) groups excluding carboxylic acids is 2. The van der Waals surface area contributed by atoms with Crippen LogP contribution in [0.15, 0.2) is 83.8 Å². The Morgan fingerprint density at radius 2 is 1.49 bits per heavy atom. The Morgan fingerprint density at radius 3 is 2.03 bits per heavy atom. The average Bonchev–Trinajstić information content (AvgIpc) is 2.90. The van der Waals surface area contributed by atoms with Crippen molar-refractivity contribution >= 4 is 39.1 Å². The maximum atomic E-state index is 13.7. The molecule has 0 heterocycles. The van der Waals surface area contributed by atoms with Gasteiger partial charge in [0.2, 0.25) is 11.8 Å². The number of likely N-dealkylation sites (N-methyl/N-ethyl adjacent to an activating group) is 1. The van der Waals surface area contributed by atoms with E-state index in [2.05, 4.69) is 5.32 Å². The fourth-order valence-electron chi connectivity index (χ4n) is 3.85. The normalized spacial score (nSPS) is 12.2. The van der Waals surface area contributed by atoms with Crippen LogP contribution in [0.1, 0.15) is 37.8 Å². The molecule has 3 rings (SSSR count). The SMILES string of the molecule is CNC(=O)[C@@H](C)N(Cc1ccc(Cl)cc1)C(=O)CN(c1ccc(C(C)C)cc1)S(=O)(=O)c1ccccc1. The van der Waals surface area contributed by atoms with Gasteiger partial charge in [-0.3, -0.25) is 13.9 Å². The Hall–Kier alpha value is -3.36. The Labute approximate surface area is 224 Å². The molecule has 0 bridgehead atoms. The van der Waals surface area contributed by atoms with E-state index in [0.29, 0.717) is 10.7 Å². The van der Waals surface area contributed by atoms with Gasteiger partial charge in [0.1, 0.15) is 12.6 Å². The smallest absolute Gasteiger partial charge is 0.264 e. The number of hydrogen-bond acceptors (Lipinski definition) is 4. The molecule has 9 heteroatoms. The van der Waals surface area contributed by atoms with Crippen molar-refractivity contribution in [3.63, 3.8) is 0 Å². The van der Waals surface area contributed by atoms with Gasteiger partial charge in [0.25, 0.3) is 10.0 Å². The van der Waals surface area contributed by atoms with E-state index in [1.807, 2.05) is 26.0 Å². The van der Waals surface area contributed by atoms with Crippen molar-refractivity contribution in [1.82, 2.24) is 10.2 Å². The van der Waals surface area contributed by atoms with E-state index in [-0.39, 0.29) is 23.3 Å². The molecule has 1 N–H and O–H groups in total. The Balaban J connectivity index is 2.02. The number of benzene rings is 3. The summed E-state index contributed by atoms with van der Waals surface area (Å²) < 4.78 is 28.6.